The second-order valence-electron chi connectivity index (χ2n) is 8.77. The van der Waals surface area contributed by atoms with Gasteiger partial charge in [0.15, 0.2) is 6.29 Å². The van der Waals surface area contributed by atoms with Gasteiger partial charge in [0.1, 0.15) is 36.8 Å². The van der Waals surface area contributed by atoms with Crippen LogP contribution in [0, 0.1) is 5.92 Å². The second-order valence-corrected chi connectivity index (χ2v) is 8.77. The van der Waals surface area contributed by atoms with Crippen LogP contribution in [0.25, 0.3) is 6.08 Å². The highest BCUT2D eigenvalue weighted by atomic mass is 16.8. The van der Waals surface area contributed by atoms with Crippen LogP contribution in [-0.2, 0) is 38.1 Å². The number of carbonyl (C=O) groups is 3. The third-order valence-corrected chi connectivity index (χ3v) is 6.17. The van der Waals surface area contributed by atoms with Gasteiger partial charge in [0, 0.05) is 17.6 Å². The van der Waals surface area contributed by atoms with Crippen LogP contribution < -0.4 is 0 Å². The molecule has 0 aliphatic carbocycles. The van der Waals surface area contributed by atoms with E-state index < -0.39 is 80.5 Å². The molecule has 0 unspecified atom stereocenters. The molecule has 0 aromatic heterocycles. The Balaban J connectivity index is 1.83. The molecule has 0 spiro atoms. The number of hydrogen-bond acceptors (Lipinski definition) is 13. The fourth-order valence-corrected chi connectivity index (χ4v) is 3.99. The minimum atomic E-state index is -1.80. The molecule has 3 rings (SSSR count). The zero-order valence-electron chi connectivity index (χ0n) is 21.2. The molecule has 0 bridgehead atoms. The van der Waals surface area contributed by atoms with Crippen molar-refractivity contribution in [3.05, 3.63) is 59.4 Å². The Bertz CT molecular complexity index is 1140. The molecule has 0 radical (unpaired) electrons. The SMILES string of the molecule is COC(=O)C[C@@H]1C(C(=O)O)=CO[C@@H](O[C@@H]2O[C@H](CO)[C@@H](O)[C@H](O)[C@H]2O)C1=CCOC(=O)/C=C/c1ccc(O)cc1. The minimum Gasteiger partial charge on any atom is -0.508 e. The summed E-state index contributed by atoms with van der Waals surface area (Å²) >= 11 is 0. The molecular formula is C26H30O14. The van der Waals surface area contributed by atoms with Gasteiger partial charge in [-0.1, -0.05) is 12.1 Å². The number of benzene rings is 1. The Morgan fingerprint density at radius 3 is 2.38 bits per heavy atom. The number of aliphatic hydroxyl groups is 4. The molecule has 2 aliphatic heterocycles. The first kappa shape index (κ1) is 30.7. The van der Waals surface area contributed by atoms with E-state index in [1.54, 1.807) is 12.1 Å². The van der Waals surface area contributed by atoms with E-state index in [4.69, 9.17) is 18.9 Å². The molecule has 14 heteroatoms. The fraction of sp³-hybridized carbons (Fsp3) is 0.423. The maximum atomic E-state index is 12.2. The van der Waals surface area contributed by atoms with E-state index >= 15 is 0 Å². The number of aliphatic hydroxyl groups excluding tert-OH is 4. The number of carbonyl (C=O) groups excluding carboxylic acids is 2. The van der Waals surface area contributed by atoms with Crippen molar-refractivity contribution in [1.82, 2.24) is 0 Å². The van der Waals surface area contributed by atoms with Crippen molar-refractivity contribution < 1.29 is 68.7 Å². The fourth-order valence-electron chi connectivity index (χ4n) is 3.99. The van der Waals surface area contributed by atoms with Crippen molar-refractivity contribution >= 4 is 24.0 Å². The number of carboxylic acid groups (broad SMARTS) is 1. The van der Waals surface area contributed by atoms with E-state index in [0.29, 0.717) is 5.56 Å². The largest absolute Gasteiger partial charge is 0.508 e. The van der Waals surface area contributed by atoms with Gasteiger partial charge in [-0.05, 0) is 29.8 Å². The van der Waals surface area contributed by atoms with Crippen LogP contribution in [0.3, 0.4) is 0 Å². The zero-order valence-corrected chi connectivity index (χ0v) is 21.2. The van der Waals surface area contributed by atoms with Gasteiger partial charge in [-0.25, -0.2) is 9.59 Å². The molecule has 1 fully saturated rings. The highest BCUT2D eigenvalue weighted by Crippen LogP contribution is 2.36. The van der Waals surface area contributed by atoms with E-state index in [2.05, 4.69) is 4.74 Å². The molecule has 218 valence electrons. The number of aromatic hydroxyl groups is 1. The summed E-state index contributed by atoms with van der Waals surface area (Å²) in [6, 6.07) is 6.00. The van der Waals surface area contributed by atoms with Crippen LogP contribution in [0.5, 0.6) is 5.75 Å². The standard InChI is InChI=1S/C26H30O14/c1-36-20(30)10-16-15(8-9-37-19(29)7-4-13-2-5-14(28)6-3-13)25(38-12-17(16)24(34)35)40-26-23(33)22(32)21(31)18(11-27)39-26/h2-8,12,16,18,21-23,25-28,31-33H,9-11H2,1H3,(H,34,35)/b7-4+,15-8?/t16-,18+,21+,22-,23+,25-,26-/m0/s1. The number of carboxylic acids is 1. The highest BCUT2D eigenvalue weighted by molar-refractivity contribution is 5.89. The number of aliphatic carboxylic acids is 1. The summed E-state index contributed by atoms with van der Waals surface area (Å²) in [6.45, 7) is -1.14. The maximum absolute atomic E-state index is 12.2. The Hall–Kier alpha value is -3.79. The predicted octanol–water partition coefficient (Wildman–Crippen LogP) is -0.804. The van der Waals surface area contributed by atoms with Crippen molar-refractivity contribution in [2.45, 2.75) is 43.4 Å². The summed E-state index contributed by atoms with van der Waals surface area (Å²) in [5.74, 6) is -4.09. The lowest BCUT2D eigenvalue weighted by molar-refractivity contribution is -0.327. The third-order valence-electron chi connectivity index (χ3n) is 6.17. The molecule has 7 atom stereocenters. The number of phenolic OH excluding ortho intramolecular Hbond substituents is 1. The first-order valence-electron chi connectivity index (χ1n) is 12.0. The lowest BCUT2D eigenvalue weighted by Crippen LogP contribution is -2.60. The van der Waals surface area contributed by atoms with Gasteiger partial charge < -0.3 is 54.3 Å². The van der Waals surface area contributed by atoms with Gasteiger partial charge in [0.25, 0.3) is 0 Å². The van der Waals surface area contributed by atoms with Crippen molar-refractivity contribution in [3.63, 3.8) is 0 Å². The lowest BCUT2D eigenvalue weighted by Gasteiger charge is -2.41. The van der Waals surface area contributed by atoms with Gasteiger partial charge in [-0.15, -0.1) is 0 Å². The first-order chi connectivity index (χ1) is 19.0. The summed E-state index contributed by atoms with van der Waals surface area (Å²) in [7, 11) is 1.11. The van der Waals surface area contributed by atoms with Gasteiger partial charge >= 0.3 is 17.9 Å². The maximum Gasteiger partial charge on any atom is 0.335 e. The van der Waals surface area contributed by atoms with Crippen LogP contribution >= 0.6 is 0 Å². The average Bonchev–Trinajstić information content (AvgIpc) is 2.93. The molecule has 6 N–H and O–H groups in total. The summed E-state index contributed by atoms with van der Waals surface area (Å²) in [4.78, 5) is 36.2. The van der Waals surface area contributed by atoms with E-state index in [-0.39, 0.29) is 16.9 Å². The van der Waals surface area contributed by atoms with Crippen molar-refractivity contribution in [2.75, 3.05) is 20.3 Å². The van der Waals surface area contributed by atoms with Gasteiger partial charge in [-0.3, -0.25) is 4.79 Å². The topological polar surface area (TPSA) is 219 Å². The summed E-state index contributed by atoms with van der Waals surface area (Å²) < 4.78 is 26.2. The van der Waals surface area contributed by atoms with E-state index in [9.17, 15) is 45.0 Å². The van der Waals surface area contributed by atoms with E-state index in [1.807, 2.05) is 0 Å². The van der Waals surface area contributed by atoms with E-state index in [1.165, 1.54) is 24.3 Å². The molecule has 0 saturated carbocycles. The summed E-state index contributed by atoms with van der Waals surface area (Å²) in [5.41, 5.74) is 0.262. The molecule has 2 aliphatic rings. The highest BCUT2D eigenvalue weighted by Gasteiger charge is 2.46. The van der Waals surface area contributed by atoms with Crippen LogP contribution in [0.15, 0.2) is 53.8 Å². The van der Waals surface area contributed by atoms with Crippen LogP contribution in [-0.4, -0.2) is 106 Å². The molecule has 40 heavy (non-hydrogen) atoms. The van der Waals surface area contributed by atoms with Gasteiger partial charge in [-0.2, -0.15) is 0 Å². The quantitative estimate of drug-likeness (QED) is 0.116. The first-order valence-corrected chi connectivity index (χ1v) is 12.0. The molecule has 0 amide bonds. The second kappa shape index (κ2) is 14.0. The Kier molecular flexibility index (Phi) is 10.8. The molecule has 14 nitrogen and oxygen atoms in total. The zero-order chi connectivity index (χ0) is 29.4. The van der Waals surface area contributed by atoms with Gasteiger partial charge in [0.2, 0.25) is 6.29 Å². The number of esters is 2. The number of methoxy groups -OCH3 is 1. The van der Waals surface area contributed by atoms with Crippen LogP contribution in [0.2, 0.25) is 0 Å². The molecular weight excluding hydrogens is 536 g/mol. The summed E-state index contributed by atoms with van der Waals surface area (Å²) in [6.07, 6.45) is -5.47. The molecule has 2 heterocycles. The van der Waals surface area contributed by atoms with Crippen molar-refractivity contribution in [1.29, 1.82) is 0 Å². The molecule has 1 aromatic rings. The Morgan fingerprint density at radius 2 is 1.75 bits per heavy atom. The Morgan fingerprint density at radius 1 is 1.05 bits per heavy atom. The minimum absolute atomic E-state index is 0.00225. The van der Waals surface area contributed by atoms with E-state index in [0.717, 1.165) is 19.4 Å². The summed E-state index contributed by atoms with van der Waals surface area (Å²) in [5, 5.41) is 58.9. The van der Waals surface area contributed by atoms with Crippen molar-refractivity contribution in [2.24, 2.45) is 5.92 Å². The molecule has 1 saturated heterocycles. The lowest BCUT2D eigenvalue weighted by atomic mass is 9.86. The van der Waals surface area contributed by atoms with Crippen molar-refractivity contribution in [3.8, 4) is 5.75 Å². The third kappa shape index (κ3) is 7.65. The Labute approximate surface area is 227 Å². The van der Waals surface area contributed by atoms with Crippen LogP contribution in [0.4, 0.5) is 0 Å². The number of hydrogen-bond donors (Lipinski definition) is 6. The molecule has 1 aromatic carbocycles. The number of rotatable bonds is 10. The van der Waals surface area contributed by atoms with Gasteiger partial charge in [0.05, 0.1) is 32.0 Å². The monoisotopic (exact) mass is 566 g/mol. The number of phenols is 1. The van der Waals surface area contributed by atoms with Crippen LogP contribution in [0.1, 0.15) is 12.0 Å². The normalized spacial score (nSPS) is 29.5. The number of ether oxygens (including phenoxy) is 5. The average molecular weight is 567 g/mol. The smallest absolute Gasteiger partial charge is 0.335 e. The predicted molar refractivity (Wildman–Crippen MR) is 132 cm³/mol.